The van der Waals surface area contributed by atoms with Crippen LogP contribution in [0, 0.1) is 20.8 Å². The number of hydrogen-bond donors (Lipinski definition) is 1. The van der Waals surface area contributed by atoms with Crippen molar-refractivity contribution in [3.63, 3.8) is 0 Å². The van der Waals surface area contributed by atoms with Gasteiger partial charge >= 0.3 is 0 Å². The Hall–Kier alpha value is -2.29. The third-order valence-corrected chi connectivity index (χ3v) is 4.35. The van der Waals surface area contributed by atoms with Gasteiger partial charge in [-0.25, -0.2) is 0 Å². The smallest absolute Gasteiger partial charge is 0.261 e. The largest absolute Gasteiger partial charge is 0.481 e. The van der Waals surface area contributed by atoms with Gasteiger partial charge in [0.2, 0.25) is 0 Å². The molecule has 24 heavy (non-hydrogen) atoms. The molecule has 128 valence electrons. The van der Waals surface area contributed by atoms with Crippen LogP contribution in [0.25, 0.3) is 0 Å². The van der Waals surface area contributed by atoms with E-state index in [-0.39, 0.29) is 11.9 Å². The molecule has 0 unspecified atom stereocenters. The van der Waals surface area contributed by atoms with Crippen molar-refractivity contribution in [3.05, 3.63) is 64.7 Å². The van der Waals surface area contributed by atoms with Crippen molar-refractivity contribution in [2.45, 2.75) is 53.2 Å². The van der Waals surface area contributed by atoms with Crippen molar-refractivity contribution in [3.8, 4) is 5.75 Å². The fourth-order valence-electron chi connectivity index (χ4n) is 2.53. The predicted octanol–water partition coefficient (Wildman–Crippen LogP) is 4.65. The highest BCUT2D eigenvalue weighted by Crippen LogP contribution is 2.18. The topological polar surface area (TPSA) is 38.3 Å². The molecule has 2 aromatic rings. The highest BCUT2D eigenvalue weighted by Gasteiger charge is 2.20. The van der Waals surface area contributed by atoms with Crippen LogP contribution in [0.5, 0.6) is 5.75 Å². The second kappa shape index (κ2) is 8.00. The highest BCUT2D eigenvalue weighted by molar-refractivity contribution is 5.81. The van der Waals surface area contributed by atoms with E-state index in [0.717, 1.165) is 11.3 Å². The third-order valence-electron chi connectivity index (χ3n) is 4.35. The van der Waals surface area contributed by atoms with Gasteiger partial charge in [-0.1, -0.05) is 42.8 Å². The van der Waals surface area contributed by atoms with E-state index in [1.165, 1.54) is 16.7 Å². The average molecular weight is 325 g/mol. The van der Waals surface area contributed by atoms with E-state index in [4.69, 9.17) is 4.74 Å². The van der Waals surface area contributed by atoms with Gasteiger partial charge in [0.1, 0.15) is 5.75 Å². The molecule has 2 atom stereocenters. The van der Waals surface area contributed by atoms with E-state index in [1.54, 1.807) is 0 Å². The van der Waals surface area contributed by atoms with Crippen LogP contribution in [0.1, 0.15) is 48.6 Å². The first-order valence-corrected chi connectivity index (χ1v) is 8.51. The number of aryl methyl sites for hydroxylation is 3. The van der Waals surface area contributed by atoms with Gasteiger partial charge < -0.3 is 10.1 Å². The van der Waals surface area contributed by atoms with Crippen LogP contribution < -0.4 is 10.1 Å². The van der Waals surface area contributed by atoms with Crippen LogP contribution in [-0.4, -0.2) is 12.0 Å². The zero-order valence-electron chi connectivity index (χ0n) is 15.2. The van der Waals surface area contributed by atoms with Crippen LogP contribution in [0.4, 0.5) is 0 Å². The molecule has 0 heterocycles. The summed E-state index contributed by atoms with van der Waals surface area (Å²) in [6.45, 7) is 10.2. The van der Waals surface area contributed by atoms with Crippen molar-refractivity contribution in [2.75, 3.05) is 0 Å². The normalized spacial score (nSPS) is 13.2. The zero-order chi connectivity index (χ0) is 17.7. The van der Waals surface area contributed by atoms with Gasteiger partial charge in [0.15, 0.2) is 6.10 Å². The molecule has 2 rings (SSSR count). The molecule has 0 bridgehead atoms. The van der Waals surface area contributed by atoms with Crippen LogP contribution in [-0.2, 0) is 4.79 Å². The molecular formula is C21H27NO2. The SMILES string of the molecule is CC[C@H](Oc1ccc(C)cc1)C(=O)N[C@H](C)c1ccc(C)c(C)c1. The van der Waals surface area contributed by atoms with Gasteiger partial charge in [-0.05, 0) is 62.9 Å². The van der Waals surface area contributed by atoms with Gasteiger partial charge in [-0.3, -0.25) is 4.79 Å². The number of hydrogen-bond acceptors (Lipinski definition) is 2. The first kappa shape index (κ1) is 18.1. The van der Waals surface area contributed by atoms with Crippen molar-refractivity contribution in [2.24, 2.45) is 0 Å². The van der Waals surface area contributed by atoms with Crippen LogP contribution in [0.2, 0.25) is 0 Å². The molecular weight excluding hydrogens is 298 g/mol. The van der Waals surface area contributed by atoms with Gasteiger partial charge in [0, 0.05) is 0 Å². The minimum Gasteiger partial charge on any atom is -0.481 e. The van der Waals surface area contributed by atoms with Crippen molar-refractivity contribution in [1.29, 1.82) is 0 Å². The molecule has 2 aromatic carbocycles. The monoisotopic (exact) mass is 325 g/mol. The first-order chi connectivity index (χ1) is 11.4. The Balaban J connectivity index is 2.02. The summed E-state index contributed by atoms with van der Waals surface area (Å²) in [5.74, 6) is 0.644. The number of ether oxygens (including phenoxy) is 1. The summed E-state index contributed by atoms with van der Waals surface area (Å²) < 4.78 is 5.85. The standard InChI is InChI=1S/C21H27NO2/c1-6-20(24-19-11-7-14(2)8-12-19)21(23)22-17(5)18-10-9-15(3)16(4)13-18/h7-13,17,20H,6H2,1-5H3,(H,22,23)/t17-,20+/m1/s1. The van der Waals surface area contributed by atoms with Crippen molar-refractivity contribution < 1.29 is 9.53 Å². The molecule has 0 saturated heterocycles. The summed E-state index contributed by atoms with van der Waals surface area (Å²) in [5, 5.41) is 3.06. The lowest BCUT2D eigenvalue weighted by atomic mass is 10.0. The Labute approximate surface area is 145 Å². The van der Waals surface area contributed by atoms with E-state index in [2.05, 4.69) is 37.4 Å². The maximum Gasteiger partial charge on any atom is 0.261 e. The Morgan fingerprint density at radius 2 is 1.71 bits per heavy atom. The minimum absolute atomic E-state index is 0.0486. The van der Waals surface area contributed by atoms with Gasteiger partial charge in [-0.2, -0.15) is 0 Å². The third kappa shape index (κ3) is 4.60. The van der Waals surface area contributed by atoms with Crippen LogP contribution >= 0.6 is 0 Å². The Kier molecular flexibility index (Phi) is 6.02. The summed E-state index contributed by atoms with van der Waals surface area (Å²) >= 11 is 0. The van der Waals surface area contributed by atoms with Crippen LogP contribution in [0.15, 0.2) is 42.5 Å². The van der Waals surface area contributed by atoms with Gasteiger partial charge in [-0.15, -0.1) is 0 Å². The molecule has 0 aromatic heterocycles. The first-order valence-electron chi connectivity index (χ1n) is 8.51. The minimum atomic E-state index is -0.485. The predicted molar refractivity (Wildman–Crippen MR) is 98.4 cm³/mol. The fraction of sp³-hybridized carbons (Fsp3) is 0.381. The second-order valence-electron chi connectivity index (χ2n) is 6.40. The molecule has 0 fully saturated rings. The number of benzene rings is 2. The molecule has 0 spiro atoms. The molecule has 1 N–H and O–H groups in total. The van der Waals surface area contributed by atoms with Gasteiger partial charge in [0.25, 0.3) is 5.91 Å². The van der Waals surface area contributed by atoms with E-state index >= 15 is 0 Å². The lowest BCUT2D eigenvalue weighted by Gasteiger charge is -2.21. The summed E-state index contributed by atoms with van der Waals surface area (Å²) in [6, 6.07) is 14.0. The number of rotatable bonds is 6. The molecule has 1 amide bonds. The van der Waals surface area contributed by atoms with Crippen molar-refractivity contribution in [1.82, 2.24) is 5.32 Å². The number of carbonyl (C=O) groups excluding carboxylic acids is 1. The summed E-state index contributed by atoms with van der Waals surface area (Å²) in [4.78, 5) is 12.5. The highest BCUT2D eigenvalue weighted by atomic mass is 16.5. The second-order valence-corrected chi connectivity index (χ2v) is 6.40. The summed E-state index contributed by atoms with van der Waals surface area (Å²) in [7, 11) is 0. The average Bonchev–Trinajstić information content (AvgIpc) is 2.56. The Bertz CT molecular complexity index is 691. The maximum absolute atomic E-state index is 12.5. The Morgan fingerprint density at radius 1 is 1.04 bits per heavy atom. The molecule has 0 aliphatic carbocycles. The number of amides is 1. The molecule has 0 saturated carbocycles. The van der Waals surface area contributed by atoms with Crippen molar-refractivity contribution >= 4 is 5.91 Å². The van der Waals surface area contributed by atoms with E-state index < -0.39 is 6.10 Å². The summed E-state index contributed by atoms with van der Waals surface area (Å²) in [5.41, 5.74) is 4.77. The molecule has 0 aliphatic heterocycles. The fourth-order valence-corrected chi connectivity index (χ4v) is 2.53. The molecule has 3 nitrogen and oxygen atoms in total. The van der Waals surface area contributed by atoms with E-state index in [9.17, 15) is 4.79 Å². The van der Waals surface area contributed by atoms with E-state index in [0.29, 0.717) is 6.42 Å². The van der Waals surface area contributed by atoms with Crippen LogP contribution in [0.3, 0.4) is 0 Å². The number of carbonyl (C=O) groups is 1. The molecule has 3 heteroatoms. The quantitative estimate of drug-likeness (QED) is 0.840. The maximum atomic E-state index is 12.5. The van der Waals surface area contributed by atoms with E-state index in [1.807, 2.05) is 45.0 Å². The summed E-state index contributed by atoms with van der Waals surface area (Å²) in [6.07, 6.45) is 0.140. The lowest BCUT2D eigenvalue weighted by Crippen LogP contribution is -2.39. The zero-order valence-corrected chi connectivity index (χ0v) is 15.2. The number of nitrogens with one attached hydrogen (secondary N) is 1. The molecule has 0 aliphatic rings. The molecule has 0 radical (unpaired) electrons. The lowest BCUT2D eigenvalue weighted by molar-refractivity contribution is -0.128. The van der Waals surface area contributed by atoms with Gasteiger partial charge in [0.05, 0.1) is 6.04 Å². The Morgan fingerprint density at radius 3 is 2.29 bits per heavy atom.